The number of nitro groups is 1. The van der Waals surface area contributed by atoms with Gasteiger partial charge in [0.15, 0.2) is 0 Å². The maximum absolute atomic E-state index is 10.8. The van der Waals surface area contributed by atoms with Gasteiger partial charge in [-0.05, 0) is 6.07 Å². The van der Waals surface area contributed by atoms with E-state index in [1.165, 1.54) is 29.7 Å². The highest BCUT2D eigenvalue weighted by molar-refractivity contribution is 7.09. The highest BCUT2D eigenvalue weighted by atomic mass is 32.1. The zero-order valence-corrected chi connectivity index (χ0v) is 10.1. The number of rotatable bonds is 5. The van der Waals surface area contributed by atoms with Gasteiger partial charge in [0, 0.05) is 17.6 Å². The summed E-state index contributed by atoms with van der Waals surface area (Å²) in [4.78, 5) is 18.3. The standard InChI is InChI=1S/C10H10N4O3S/c15-5-7-6-18-9(13-7)4-12-10-8(14(16)17)2-1-3-11-10/h1-3,6,15H,4-5H2,(H,11,12). The molecule has 2 aromatic heterocycles. The summed E-state index contributed by atoms with van der Waals surface area (Å²) in [6.45, 7) is 0.225. The molecule has 0 aliphatic carbocycles. The summed E-state index contributed by atoms with van der Waals surface area (Å²) >= 11 is 1.38. The minimum absolute atomic E-state index is 0.0727. The number of aliphatic hydroxyl groups is 1. The highest BCUT2D eigenvalue weighted by Gasteiger charge is 2.13. The predicted octanol–water partition coefficient (Wildman–Crippen LogP) is 1.55. The van der Waals surface area contributed by atoms with E-state index >= 15 is 0 Å². The fourth-order valence-electron chi connectivity index (χ4n) is 1.34. The SMILES string of the molecule is O=[N+]([O-])c1cccnc1NCc1nc(CO)cs1. The number of aliphatic hydroxyl groups excluding tert-OH is 1. The fourth-order valence-corrected chi connectivity index (χ4v) is 2.07. The molecule has 7 nitrogen and oxygen atoms in total. The summed E-state index contributed by atoms with van der Waals surface area (Å²) in [6, 6.07) is 2.90. The van der Waals surface area contributed by atoms with Gasteiger partial charge in [0.1, 0.15) is 5.01 Å². The minimum atomic E-state index is -0.490. The summed E-state index contributed by atoms with van der Waals surface area (Å²) in [7, 11) is 0. The maximum Gasteiger partial charge on any atom is 0.311 e. The van der Waals surface area contributed by atoms with Gasteiger partial charge in [-0.25, -0.2) is 9.97 Å². The monoisotopic (exact) mass is 266 g/mol. The van der Waals surface area contributed by atoms with Crippen molar-refractivity contribution < 1.29 is 10.0 Å². The number of nitrogens with one attached hydrogen (secondary N) is 1. The smallest absolute Gasteiger partial charge is 0.311 e. The molecule has 0 aliphatic rings. The molecule has 0 fully saturated rings. The first-order valence-electron chi connectivity index (χ1n) is 5.08. The number of thiazole rings is 1. The third-order valence-corrected chi connectivity index (χ3v) is 3.05. The lowest BCUT2D eigenvalue weighted by Crippen LogP contribution is -2.04. The van der Waals surface area contributed by atoms with Crippen molar-refractivity contribution in [2.75, 3.05) is 5.32 Å². The van der Waals surface area contributed by atoms with Gasteiger partial charge in [0.2, 0.25) is 5.82 Å². The maximum atomic E-state index is 10.8. The van der Waals surface area contributed by atoms with Crippen molar-refractivity contribution in [3.05, 3.63) is 44.5 Å². The van der Waals surface area contributed by atoms with Crippen LogP contribution in [0.15, 0.2) is 23.7 Å². The second-order valence-corrected chi connectivity index (χ2v) is 4.32. The summed E-state index contributed by atoms with van der Waals surface area (Å²) in [5.41, 5.74) is 0.517. The van der Waals surface area contributed by atoms with Crippen LogP contribution >= 0.6 is 11.3 Å². The normalized spacial score (nSPS) is 10.3. The van der Waals surface area contributed by atoms with Crippen LogP contribution in [0.4, 0.5) is 11.5 Å². The van der Waals surface area contributed by atoms with E-state index in [2.05, 4.69) is 15.3 Å². The van der Waals surface area contributed by atoms with E-state index in [4.69, 9.17) is 5.11 Å². The van der Waals surface area contributed by atoms with E-state index in [-0.39, 0.29) is 18.1 Å². The van der Waals surface area contributed by atoms with Gasteiger partial charge in [-0.1, -0.05) is 0 Å². The van der Waals surface area contributed by atoms with E-state index in [0.717, 1.165) is 5.01 Å². The van der Waals surface area contributed by atoms with Gasteiger partial charge in [-0.3, -0.25) is 10.1 Å². The average molecular weight is 266 g/mol. The Morgan fingerprint density at radius 2 is 2.39 bits per heavy atom. The lowest BCUT2D eigenvalue weighted by Gasteiger charge is -2.03. The number of nitrogens with zero attached hydrogens (tertiary/aromatic N) is 3. The number of hydrogen-bond acceptors (Lipinski definition) is 7. The highest BCUT2D eigenvalue weighted by Crippen LogP contribution is 2.21. The number of pyridine rings is 1. The van der Waals surface area contributed by atoms with Crippen LogP contribution in [0, 0.1) is 10.1 Å². The van der Waals surface area contributed by atoms with Gasteiger partial charge in [0.05, 0.1) is 23.8 Å². The molecule has 0 aromatic carbocycles. The van der Waals surface area contributed by atoms with Crippen LogP contribution in [0.25, 0.3) is 0 Å². The molecular formula is C10H10N4O3S. The van der Waals surface area contributed by atoms with E-state index in [9.17, 15) is 10.1 Å². The Bertz CT molecular complexity index is 558. The van der Waals surface area contributed by atoms with Crippen LogP contribution in [-0.2, 0) is 13.2 Å². The van der Waals surface area contributed by atoms with Gasteiger partial charge in [-0.2, -0.15) is 0 Å². The average Bonchev–Trinajstić information content (AvgIpc) is 2.84. The molecule has 0 saturated heterocycles. The first-order chi connectivity index (χ1) is 8.70. The quantitative estimate of drug-likeness (QED) is 0.629. The van der Waals surface area contributed by atoms with E-state index in [1.54, 1.807) is 5.38 Å². The van der Waals surface area contributed by atoms with E-state index < -0.39 is 4.92 Å². The molecule has 2 N–H and O–H groups in total. The molecule has 0 saturated carbocycles. The van der Waals surface area contributed by atoms with Gasteiger partial charge < -0.3 is 10.4 Å². The molecular weight excluding hydrogens is 256 g/mol. The second kappa shape index (κ2) is 5.52. The van der Waals surface area contributed by atoms with Gasteiger partial charge in [0.25, 0.3) is 0 Å². The van der Waals surface area contributed by atoms with Crippen molar-refractivity contribution in [1.29, 1.82) is 0 Å². The van der Waals surface area contributed by atoms with Crippen LogP contribution in [-0.4, -0.2) is 20.0 Å². The largest absolute Gasteiger partial charge is 0.390 e. The van der Waals surface area contributed by atoms with Crippen molar-refractivity contribution in [3.8, 4) is 0 Å². The van der Waals surface area contributed by atoms with Crippen LogP contribution in [0.1, 0.15) is 10.7 Å². The summed E-state index contributed by atoms with van der Waals surface area (Å²) in [6.07, 6.45) is 1.48. The molecule has 0 spiro atoms. The van der Waals surface area contributed by atoms with Crippen molar-refractivity contribution in [2.24, 2.45) is 0 Å². The van der Waals surface area contributed by atoms with Crippen molar-refractivity contribution in [1.82, 2.24) is 9.97 Å². The number of aromatic nitrogens is 2. The molecule has 0 atom stereocenters. The van der Waals surface area contributed by atoms with Crippen molar-refractivity contribution >= 4 is 22.8 Å². The molecule has 0 bridgehead atoms. The Hall–Kier alpha value is -2.06. The molecule has 18 heavy (non-hydrogen) atoms. The van der Waals surface area contributed by atoms with Gasteiger partial charge >= 0.3 is 5.69 Å². The van der Waals surface area contributed by atoms with Crippen molar-refractivity contribution in [3.63, 3.8) is 0 Å². The molecule has 0 unspecified atom stereocenters. The van der Waals surface area contributed by atoms with Crippen molar-refractivity contribution in [2.45, 2.75) is 13.2 Å². The summed E-state index contributed by atoms with van der Waals surface area (Å²) < 4.78 is 0. The third-order valence-electron chi connectivity index (χ3n) is 2.15. The Balaban J connectivity index is 2.08. The van der Waals surface area contributed by atoms with Crippen LogP contribution in [0.3, 0.4) is 0 Å². The van der Waals surface area contributed by atoms with Gasteiger partial charge in [-0.15, -0.1) is 11.3 Å². The Morgan fingerprint density at radius 3 is 3.06 bits per heavy atom. The fraction of sp³-hybridized carbons (Fsp3) is 0.200. The topological polar surface area (TPSA) is 101 Å². The Labute approximate surface area is 106 Å². The second-order valence-electron chi connectivity index (χ2n) is 3.37. The Morgan fingerprint density at radius 1 is 1.56 bits per heavy atom. The molecule has 2 aromatic rings. The zero-order chi connectivity index (χ0) is 13.0. The molecule has 0 aliphatic heterocycles. The molecule has 0 amide bonds. The molecule has 2 heterocycles. The summed E-state index contributed by atoms with van der Waals surface area (Å²) in [5.74, 6) is 0.211. The van der Waals surface area contributed by atoms with Crippen LogP contribution in [0.5, 0.6) is 0 Å². The van der Waals surface area contributed by atoms with E-state index in [0.29, 0.717) is 12.2 Å². The lowest BCUT2D eigenvalue weighted by molar-refractivity contribution is -0.384. The summed E-state index contributed by atoms with van der Waals surface area (Å²) in [5, 5.41) is 25.0. The van der Waals surface area contributed by atoms with Crippen LogP contribution < -0.4 is 5.32 Å². The Kier molecular flexibility index (Phi) is 3.80. The molecule has 8 heteroatoms. The zero-order valence-electron chi connectivity index (χ0n) is 9.24. The predicted molar refractivity (Wildman–Crippen MR) is 66.3 cm³/mol. The first-order valence-corrected chi connectivity index (χ1v) is 5.96. The molecule has 94 valence electrons. The first kappa shape index (κ1) is 12.4. The minimum Gasteiger partial charge on any atom is -0.390 e. The van der Waals surface area contributed by atoms with E-state index in [1.807, 2.05) is 0 Å². The molecule has 2 rings (SSSR count). The molecule has 0 radical (unpaired) electrons. The lowest BCUT2D eigenvalue weighted by atomic mass is 10.4. The number of hydrogen-bond donors (Lipinski definition) is 2. The van der Waals surface area contributed by atoms with Crippen LogP contribution in [0.2, 0.25) is 0 Å². The number of anilines is 1. The third kappa shape index (κ3) is 2.79.